The smallest absolute Gasteiger partial charge is 0.0714 e. The Kier molecular flexibility index (Phi) is 3.17. The van der Waals surface area contributed by atoms with Gasteiger partial charge < -0.3 is 4.90 Å². The molecule has 1 heterocycles. The molecule has 0 amide bonds. The highest BCUT2D eigenvalue weighted by atomic mass is 15.4. The molecule has 1 saturated heterocycles. The zero-order valence-electron chi connectivity index (χ0n) is 13.3. The minimum absolute atomic E-state index is 0.244. The van der Waals surface area contributed by atoms with Crippen LogP contribution in [-0.2, 0) is 0 Å². The fourth-order valence-corrected chi connectivity index (χ4v) is 3.16. The average molecular weight is 267 g/mol. The predicted octanol–water partition coefficient (Wildman–Crippen LogP) is 3.83. The van der Waals surface area contributed by atoms with Crippen molar-refractivity contribution in [3.8, 4) is 0 Å². The topological polar surface area (TPSA) is 6.48 Å². The number of nitrogens with zero attached hydrogens (tertiary/aromatic N) is 2. The van der Waals surface area contributed by atoms with Crippen LogP contribution in [0.25, 0.3) is 0 Å². The Morgan fingerprint density at radius 2 is 1.70 bits per heavy atom. The molecule has 2 nitrogen and oxygen atoms in total. The molecule has 1 fully saturated rings. The lowest BCUT2D eigenvalue weighted by Gasteiger charge is -2.27. The fraction of sp³-hybridized carbons (Fsp3) is 0.333. The molecule has 0 N–H and O–H groups in total. The van der Waals surface area contributed by atoms with E-state index in [0.717, 1.165) is 5.69 Å². The molecule has 1 aliphatic rings. The highest BCUT2D eigenvalue weighted by Gasteiger charge is 2.36. The maximum atomic E-state index is 8.59. The minimum atomic E-state index is -0.355. The van der Waals surface area contributed by atoms with Crippen molar-refractivity contribution < 1.29 is 1.37 Å². The molecule has 0 spiro atoms. The highest BCUT2D eigenvalue weighted by Crippen LogP contribution is 2.36. The van der Waals surface area contributed by atoms with Gasteiger partial charge in [0.1, 0.15) is 0 Å². The Labute approximate surface area is 123 Å². The maximum absolute atomic E-state index is 8.59. The first-order chi connectivity index (χ1) is 10.1. The summed E-state index contributed by atoms with van der Waals surface area (Å²) in [6.45, 7) is 3.98. The average Bonchev–Trinajstić information content (AvgIpc) is 2.71. The van der Waals surface area contributed by atoms with Crippen molar-refractivity contribution >= 4 is 5.69 Å². The first-order valence-corrected chi connectivity index (χ1v) is 7.14. The van der Waals surface area contributed by atoms with Gasteiger partial charge >= 0.3 is 0 Å². The second kappa shape index (κ2) is 5.29. The van der Waals surface area contributed by atoms with E-state index in [4.69, 9.17) is 1.37 Å². The van der Waals surface area contributed by atoms with Gasteiger partial charge in [-0.2, -0.15) is 0 Å². The van der Waals surface area contributed by atoms with Crippen molar-refractivity contribution in [2.75, 3.05) is 18.6 Å². The van der Waals surface area contributed by atoms with Crippen LogP contribution in [0.1, 0.15) is 25.5 Å². The van der Waals surface area contributed by atoms with E-state index in [2.05, 4.69) is 72.2 Å². The monoisotopic (exact) mass is 267 g/mol. The predicted molar refractivity (Wildman–Crippen MR) is 84.9 cm³/mol. The number of hydrogen-bond acceptors (Lipinski definition) is 2. The molecule has 104 valence electrons. The van der Waals surface area contributed by atoms with Gasteiger partial charge in [0.05, 0.1) is 14.1 Å². The van der Waals surface area contributed by atoms with E-state index in [1.807, 2.05) is 13.1 Å². The van der Waals surface area contributed by atoms with Crippen LogP contribution >= 0.6 is 0 Å². The SMILES string of the molecule is [2H]C1N(C)C(c2ccccc2)[C@H](C)N1c1ccccc1C. The largest absolute Gasteiger partial charge is 0.354 e. The van der Waals surface area contributed by atoms with E-state index >= 15 is 0 Å². The van der Waals surface area contributed by atoms with E-state index < -0.39 is 0 Å². The van der Waals surface area contributed by atoms with Gasteiger partial charge in [0.15, 0.2) is 0 Å². The second-order valence-corrected chi connectivity index (χ2v) is 5.57. The number of rotatable bonds is 2. The standard InChI is InChI=1S/C18H22N2/c1-14-9-7-8-12-17(14)20-13-19(3)18(15(20)2)16-10-5-4-6-11-16/h4-12,15,18H,13H2,1-3H3/t15-,18?/m0/s1/i13D/t13?,15-,18?. The lowest BCUT2D eigenvalue weighted by Crippen LogP contribution is -2.29. The quantitative estimate of drug-likeness (QED) is 0.816. The van der Waals surface area contributed by atoms with Crippen molar-refractivity contribution in [3.05, 3.63) is 65.7 Å². The van der Waals surface area contributed by atoms with Crippen molar-refractivity contribution in [2.24, 2.45) is 0 Å². The maximum Gasteiger partial charge on any atom is 0.0714 e. The Morgan fingerprint density at radius 3 is 2.40 bits per heavy atom. The van der Waals surface area contributed by atoms with Crippen LogP contribution in [0.2, 0.25) is 0 Å². The van der Waals surface area contributed by atoms with Crippen LogP contribution < -0.4 is 4.90 Å². The first-order valence-electron chi connectivity index (χ1n) is 7.72. The molecule has 0 saturated carbocycles. The van der Waals surface area contributed by atoms with Crippen LogP contribution in [0.5, 0.6) is 0 Å². The Bertz CT molecular complexity index is 614. The van der Waals surface area contributed by atoms with Crippen LogP contribution in [0.3, 0.4) is 0 Å². The second-order valence-electron chi connectivity index (χ2n) is 5.57. The third kappa shape index (κ3) is 2.20. The van der Waals surface area contributed by atoms with Crippen molar-refractivity contribution in [1.29, 1.82) is 0 Å². The Balaban J connectivity index is 2.00. The summed E-state index contributed by atoms with van der Waals surface area (Å²) in [5.74, 6) is 0. The van der Waals surface area contributed by atoms with Crippen LogP contribution in [0, 0.1) is 6.92 Å². The zero-order valence-corrected chi connectivity index (χ0v) is 12.3. The molecule has 2 unspecified atom stereocenters. The number of benzene rings is 2. The molecule has 0 radical (unpaired) electrons. The summed E-state index contributed by atoms with van der Waals surface area (Å²) in [7, 11) is 2.05. The molecule has 2 aromatic carbocycles. The first kappa shape index (κ1) is 12.0. The van der Waals surface area contributed by atoms with Gasteiger partial charge in [-0.25, -0.2) is 0 Å². The molecule has 1 aliphatic heterocycles. The highest BCUT2D eigenvalue weighted by molar-refractivity contribution is 5.55. The number of aryl methyl sites for hydroxylation is 1. The number of likely N-dealkylation sites (N-methyl/N-ethyl adjacent to an activating group) is 1. The van der Waals surface area contributed by atoms with E-state index in [0.29, 0.717) is 0 Å². The third-order valence-electron chi connectivity index (χ3n) is 4.18. The molecule has 0 aliphatic carbocycles. The van der Waals surface area contributed by atoms with Crippen molar-refractivity contribution in [2.45, 2.75) is 25.9 Å². The molecule has 0 bridgehead atoms. The summed E-state index contributed by atoms with van der Waals surface area (Å²) in [6, 6.07) is 19.4. The molecule has 3 rings (SSSR count). The molecule has 3 atom stereocenters. The summed E-state index contributed by atoms with van der Waals surface area (Å²) in [5, 5.41) is 0. The summed E-state index contributed by atoms with van der Waals surface area (Å²) >= 11 is 0. The van der Waals surface area contributed by atoms with Gasteiger partial charge in [0.2, 0.25) is 0 Å². The zero-order chi connectivity index (χ0) is 15.0. The van der Waals surface area contributed by atoms with Gasteiger partial charge in [-0.15, -0.1) is 0 Å². The Hall–Kier alpha value is -1.80. The summed E-state index contributed by atoms with van der Waals surface area (Å²) < 4.78 is 8.59. The molecule has 0 aromatic heterocycles. The van der Waals surface area contributed by atoms with Gasteiger partial charge in [0, 0.05) is 11.7 Å². The fourth-order valence-electron chi connectivity index (χ4n) is 3.16. The number of para-hydroxylation sites is 1. The normalized spacial score (nSPS) is 27.6. The van der Waals surface area contributed by atoms with Crippen LogP contribution in [-0.4, -0.2) is 24.6 Å². The van der Waals surface area contributed by atoms with Crippen LogP contribution in [0.15, 0.2) is 54.6 Å². The van der Waals surface area contributed by atoms with Gasteiger partial charge in [-0.05, 0) is 38.1 Å². The molecular weight excluding hydrogens is 244 g/mol. The van der Waals surface area contributed by atoms with E-state index in [-0.39, 0.29) is 18.7 Å². The molecule has 2 aromatic rings. The molecular formula is C18H22N2. The van der Waals surface area contributed by atoms with Gasteiger partial charge in [0.25, 0.3) is 0 Å². The molecule has 2 heteroatoms. The van der Waals surface area contributed by atoms with E-state index in [1.54, 1.807) is 0 Å². The van der Waals surface area contributed by atoms with Crippen molar-refractivity contribution in [3.63, 3.8) is 0 Å². The lowest BCUT2D eigenvalue weighted by molar-refractivity contribution is 0.307. The lowest BCUT2D eigenvalue weighted by atomic mass is 10.00. The number of hydrogen-bond donors (Lipinski definition) is 0. The van der Waals surface area contributed by atoms with Crippen molar-refractivity contribution in [1.82, 2.24) is 4.90 Å². The summed E-state index contributed by atoms with van der Waals surface area (Å²) in [4.78, 5) is 4.36. The summed E-state index contributed by atoms with van der Waals surface area (Å²) in [6.07, 6.45) is 0. The van der Waals surface area contributed by atoms with E-state index in [1.165, 1.54) is 11.1 Å². The van der Waals surface area contributed by atoms with E-state index in [9.17, 15) is 0 Å². The third-order valence-corrected chi connectivity index (χ3v) is 4.18. The van der Waals surface area contributed by atoms with Gasteiger partial charge in [-0.1, -0.05) is 48.5 Å². The Morgan fingerprint density at radius 1 is 1.05 bits per heavy atom. The minimum Gasteiger partial charge on any atom is -0.354 e. The van der Waals surface area contributed by atoms with Crippen LogP contribution in [0.4, 0.5) is 5.69 Å². The molecule has 20 heavy (non-hydrogen) atoms. The van der Waals surface area contributed by atoms with Gasteiger partial charge in [-0.3, -0.25) is 4.90 Å². The summed E-state index contributed by atoms with van der Waals surface area (Å²) in [5.41, 5.74) is 3.67. The number of anilines is 1.